The lowest BCUT2D eigenvalue weighted by Gasteiger charge is -2.56. The maximum atomic E-state index is 12.5. The molecule has 4 aliphatic carbocycles. The summed E-state index contributed by atoms with van der Waals surface area (Å²) in [7, 11) is 0. The summed E-state index contributed by atoms with van der Waals surface area (Å²) < 4.78 is 5.79. The van der Waals surface area contributed by atoms with Gasteiger partial charge in [0.25, 0.3) is 5.91 Å². The highest BCUT2D eigenvalue weighted by molar-refractivity contribution is 5.80. The first-order chi connectivity index (χ1) is 11.5. The minimum atomic E-state index is -0.443. The number of ether oxygens (including phenoxy) is 1. The highest BCUT2D eigenvalue weighted by atomic mass is 16.5. The number of hydrogen-bond donors (Lipinski definition) is 1. The normalized spacial score (nSPS) is 34.8. The summed E-state index contributed by atoms with van der Waals surface area (Å²) in [6.45, 7) is 4.73. The van der Waals surface area contributed by atoms with Crippen LogP contribution in [0.3, 0.4) is 0 Å². The zero-order valence-corrected chi connectivity index (χ0v) is 14.9. The molecular formula is C21H29NO2. The summed E-state index contributed by atoms with van der Waals surface area (Å²) in [5, 5.41) is 3.21. The first-order valence-electron chi connectivity index (χ1n) is 9.52. The van der Waals surface area contributed by atoms with Crippen molar-refractivity contribution in [1.82, 2.24) is 5.32 Å². The molecule has 1 atom stereocenters. The molecule has 0 aromatic heterocycles. The molecule has 4 saturated carbocycles. The van der Waals surface area contributed by atoms with E-state index in [1.54, 1.807) is 0 Å². The van der Waals surface area contributed by atoms with Gasteiger partial charge >= 0.3 is 0 Å². The lowest BCUT2D eigenvalue weighted by atomic mass is 9.49. The van der Waals surface area contributed by atoms with Crippen molar-refractivity contribution in [2.45, 2.75) is 58.5 Å². The first kappa shape index (κ1) is 16.0. The lowest BCUT2D eigenvalue weighted by Crippen LogP contribution is -2.52. The Labute approximate surface area is 145 Å². The van der Waals surface area contributed by atoms with Crippen LogP contribution in [0.15, 0.2) is 24.3 Å². The number of rotatable bonds is 5. The van der Waals surface area contributed by atoms with Crippen molar-refractivity contribution in [2.24, 2.45) is 23.2 Å². The van der Waals surface area contributed by atoms with Crippen molar-refractivity contribution in [3.63, 3.8) is 0 Å². The van der Waals surface area contributed by atoms with Gasteiger partial charge in [0.15, 0.2) is 6.10 Å². The second-order valence-electron chi connectivity index (χ2n) is 8.71. The number of carbonyl (C=O) groups excluding carboxylic acids is 1. The van der Waals surface area contributed by atoms with E-state index in [2.05, 4.69) is 5.32 Å². The van der Waals surface area contributed by atoms with Crippen molar-refractivity contribution in [3.8, 4) is 5.75 Å². The van der Waals surface area contributed by atoms with Gasteiger partial charge in [-0.25, -0.2) is 0 Å². The molecule has 0 radical (unpaired) electrons. The van der Waals surface area contributed by atoms with Gasteiger partial charge in [-0.2, -0.15) is 0 Å². The molecule has 1 unspecified atom stereocenters. The highest BCUT2D eigenvalue weighted by Crippen LogP contribution is 2.59. The third-order valence-corrected chi connectivity index (χ3v) is 6.51. The standard InChI is InChI=1S/C21H29NO2/c1-14-3-5-19(6-4-14)24-15(2)20(23)22-13-21-10-16-7-17(11-21)9-18(8-16)12-21/h3-6,15-18H,7-13H2,1-2H3,(H,22,23). The van der Waals surface area contributed by atoms with E-state index in [9.17, 15) is 4.79 Å². The fourth-order valence-electron chi connectivity index (χ4n) is 5.80. The molecule has 4 fully saturated rings. The lowest BCUT2D eigenvalue weighted by molar-refractivity contribution is -0.129. The largest absolute Gasteiger partial charge is 0.481 e. The predicted molar refractivity (Wildman–Crippen MR) is 94.9 cm³/mol. The smallest absolute Gasteiger partial charge is 0.260 e. The third-order valence-electron chi connectivity index (χ3n) is 6.51. The van der Waals surface area contributed by atoms with Crippen LogP contribution in [-0.4, -0.2) is 18.6 Å². The second kappa shape index (κ2) is 6.09. The Bertz CT molecular complexity index is 571. The average Bonchev–Trinajstić information content (AvgIpc) is 2.53. The van der Waals surface area contributed by atoms with Crippen molar-refractivity contribution in [3.05, 3.63) is 29.8 Å². The van der Waals surface area contributed by atoms with E-state index in [0.717, 1.165) is 30.0 Å². The molecular weight excluding hydrogens is 298 g/mol. The average molecular weight is 327 g/mol. The fourth-order valence-corrected chi connectivity index (χ4v) is 5.80. The zero-order chi connectivity index (χ0) is 16.7. The van der Waals surface area contributed by atoms with Gasteiger partial charge in [0.05, 0.1) is 0 Å². The van der Waals surface area contributed by atoms with Crippen LogP contribution in [0.4, 0.5) is 0 Å². The minimum Gasteiger partial charge on any atom is -0.481 e. The molecule has 0 spiro atoms. The van der Waals surface area contributed by atoms with Crippen LogP contribution >= 0.6 is 0 Å². The van der Waals surface area contributed by atoms with Crippen molar-refractivity contribution >= 4 is 5.91 Å². The third kappa shape index (κ3) is 3.18. The van der Waals surface area contributed by atoms with Crippen molar-refractivity contribution in [2.75, 3.05) is 6.54 Å². The molecule has 4 aliphatic rings. The van der Waals surface area contributed by atoms with E-state index >= 15 is 0 Å². The Hall–Kier alpha value is -1.51. The van der Waals surface area contributed by atoms with Gasteiger partial charge in [-0.15, -0.1) is 0 Å². The van der Waals surface area contributed by atoms with Gasteiger partial charge in [0.2, 0.25) is 0 Å². The number of amides is 1. The van der Waals surface area contributed by atoms with Crippen molar-refractivity contribution < 1.29 is 9.53 Å². The van der Waals surface area contributed by atoms with Crippen molar-refractivity contribution in [1.29, 1.82) is 0 Å². The molecule has 1 aromatic rings. The maximum Gasteiger partial charge on any atom is 0.260 e. The Kier molecular flexibility index (Phi) is 4.06. The maximum absolute atomic E-state index is 12.5. The number of benzene rings is 1. The molecule has 1 aromatic carbocycles. The summed E-state index contributed by atoms with van der Waals surface area (Å²) in [5.41, 5.74) is 1.58. The Balaban J connectivity index is 1.32. The summed E-state index contributed by atoms with van der Waals surface area (Å²) in [6, 6.07) is 7.88. The van der Waals surface area contributed by atoms with Crippen LogP contribution in [0.2, 0.25) is 0 Å². The molecule has 1 amide bonds. The molecule has 4 bridgehead atoms. The second-order valence-corrected chi connectivity index (χ2v) is 8.71. The molecule has 0 aliphatic heterocycles. The molecule has 1 N–H and O–H groups in total. The summed E-state index contributed by atoms with van der Waals surface area (Å²) in [4.78, 5) is 12.5. The molecule has 24 heavy (non-hydrogen) atoms. The SMILES string of the molecule is Cc1ccc(OC(C)C(=O)NCC23CC4CC(CC(C4)C2)C3)cc1. The van der Waals surface area contributed by atoms with E-state index in [0.29, 0.717) is 5.41 Å². The van der Waals surface area contributed by atoms with Crippen LogP contribution in [0.25, 0.3) is 0 Å². The molecule has 3 nitrogen and oxygen atoms in total. The Morgan fingerprint density at radius 3 is 2.21 bits per heavy atom. The number of carbonyl (C=O) groups is 1. The molecule has 3 heteroatoms. The first-order valence-corrected chi connectivity index (χ1v) is 9.52. The number of nitrogens with one attached hydrogen (secondary N) is 1. The minimum absolute atomic E-state index is 0.0197. The quantitative estimate of drug-likeness (QED) is 0.884. The summed E-state index contributed by atoms with van der Waals surface area (Å²) in [6.07, 6.45) is 7.87. The number of hydrogen-bond acceptors (Lipinski definition) is 2. The Morgan fingerprint density at radius 2 is 1.67 bits per heavy atom. The predicted octanol–water partition coefficient (Wildman–Crippen LogP) is 4.09. The van der Waals surface area contributed by atoms with Crippen LogP contribution in [0.1, 0.15) is 51.0 Å². The van der Waals surface area contributed by atoms with E-state index in [-0.39, 0.29) is 5.91 Å². The van der Waals surface area contributed by atoms with E-state index in [4.69, 9.17) is 4.74 Å². The highest BCUT2D eigenvalue weighted by Gasteiger charge is 2.50. The van der Waals surface area contributed by atoms with Crippen LogP contribution in [-0.2, 0) is 4.79 Å². The number of aryl methyl sites for hydroxylation is 1. The topological polar surface area (TPSA) is 38.3 Å². The fraction of sp³-hybridized carbons (Fsp3) is 0.667. The summed E-state index contributed by atoms with van der Waals surface area (Å²) >= 11 is 0. The summed E-state index contributed by atoms with van der Waals surface area (Å²) in [5.74, 6) is 3.56. The molecule has 130 valence electrons. The molecule has 0 heterocycles. The van der Waals surface area contributed by atoms with E-state index in [1.165, 1.54) is 44.1 Å². The van der Waals surface area contributed by atoms with E-state index < -0.39 is 6.10 Å². The Morgan fingerprint density at radius 1 is 1.12 bits per heavy atom. The zero-order valence-electron chi connectivity index (χ0n) is 14.9. The monoisotopic (exact) mass is 327 g/mol. The van der Waals surface area contributed by atoms with Crippen LogP contribution < -0.4 is 10.1 Å². The van der Waals surface area contributed by atoms with Crippen LogP contribution in [0.5, 0.6) is 5.75 Å². The van der Waals surface area contributed by atoms with Gasteiger partial charge in [-0.1, -0.05) is 17.7 Å². The van der Waals surface area contributed by atoms with Gasteiger partial charge in [0, 0.05) is 6.54 Å². The molecule has 0 saturated heterocycles. The van der Waals surface area contributed by atoms with E-state index in [1.807, 2.05) is 38.1 Å². The van der Waals surface area contributed by atoms with Gasteiger partial charge in [-0.05, 0) is 87.7 Å². The van der Waals surface area contributed by atoms with Crippen LogP contribution in [0, 0.1) is 30.1 Å². The van der Waals surface area contributed by atoms with Gasteiger partial charge in [-0.3, -0.25) is 4.79 Å². The van der Waals surface area contributed by atoms with Gasteiger partial charge < -0.3 is 10.1 Å². The molecule has 5 rings (SSSR count). The van der Waals surface area contributed by atoms with Gasteiger partial charge in [0.1, 0.15) is 5.75 Å².